The Kier molecular flexibility index (Phi) is 6.31. The number of hydrogen-bond donors (Lipinski definition) is 1. The van der Waals surface area contributed by atoms with Crippen molar-refractivity contribution in [1.29, 1.82) is 0 Å². The van der Waals surface area contributed by atoms with Crippen molar-refractivity contribution in [2.24, 2.45) is 0 Å². The van der Waals surface area contributed by atoms with E-state index >= 15 is 0 Å². The van der Waals surface area contributed by atoms with Crippen molar-refractivity contribution in [1.82, 2.24) is 5.32 Å². The van der Waals surface area contributed by atoms with Crippen LogP contribution in [0.1, 0.15) is 32.4 Å². The minimum Gasteiger partial charge on any atom is -0.494 e. The third-order valence-electron chi connectivity index (χ3n) is 2.90. The van der Waals surface area contributed by atoms with Gasteiger partial charge in [0.1, 0.15) is 5.75 Å². The first-order valence-electron chi connectivity index (χ1n) is 6.69. The molecule has 19 heavy (non-hydrogen) atoms. The van der Waals surface area contributed by atoms with E-state index in [9.17, 15) is 8.42 Å². The van der Waals surface area contributed by atoms with Crippen molar-refractivity contribution in [3.8, 4) is 5.75 Å². The molecule has 0 aliphatic heterocycles. The van der Waals surface area contributed by atoms with Crippen LogP contribution in [-0.2, 0) is 9.84 Å². The molecular formula is C14H23NO3S. The van der Waals surface area contributed by atoms with E-state index in [4.69, 9.17) is 4.74 Å². The Labute approximate surface area is 116 Å². The van der Waals surface area contributed by atoms with Gasteiger partial charge in [0, 0.05) is 11.8 Å². The van der Waals surface area contributed by atoms with Crippen molar-refractivity contribution in [2.45, 2.75) is 26.8 Å². The van der Waals surface area contributed by atoms with Crippen molar-refractivity contribution in [3.05, 3.63) is 29.8 Å². The smallest absolute Gasteiger partial charge is 0.151 e. The molecule has 4 nitrogen and oxygen atoms in total. The molecule has 0 fully saturated rings. The van der Waals surface area contributed by atoms with E-state index < -0.39 is 9.84 Å². The molecule has 0 aromatic heterocycles. The second kappa shape index (κ2) is 7.50. The molecule has 1 unspecified atom stereocenters. The Balaban J connectivity index is 2.86. The summed E-state index contributed by atoms with van der Waals surface area (Å²) in [5.41, 5.74) is 0.974. The fourth-order valence-electron chi connectivity index (χ4n) is 1.85. The highest BCUT2D eigenvalue weighted by atomic mass is 32.2. The van der Waals surface area contributed by atoms with Crippen LogP contribution in [0.5, 0.6) is 5.75 Å². The van der Waals surface area contributed by atoms with Crippen LogP contribution in [0.3, 0.4) is 0 Å². The minimum atomic E-state index is -3.00. The maximum Gasteiger partial charge on any atom is 0.151 e. The summed E-state index contributed by atoms with van der Waals surface area (Å²) in [5, 5.41) is 3.22. The molecule has 0 heterocycles. The van der Waals surface area contributed by atoms with E-state index in [1.807, 2.05) is 38.1 Å². The fraction of sp³-hybridized carbons (Fsp3) is 0.571. The molecule has 0 spiro atoms. The summed E-state index contributed by atoms with van der Waals surface area (Å²) in [5.74, 6) is 1.11. The maximum absolute atomic E-state index is 11.8. The Bertz CT molecular complexity index is 468. The maximum atomic E-state index is 11.8. The van der Waals surface area contributed by atoms with Crippen molar-refractivity contribution < 1.29 is 13.2 Å². The first-order valence-corrected chi connectivity index (χ1v) is 8.51. The first-order chi connectivity index (χ1) is 9.02. The van der Waals surface area contributed by atoms with Gasteiger partial charge in [-0.1, -0.05) is 26.0 Å². The number of rotatable bonds is 8. The summed E-state index contributed by atoms with van der Waals surface area (Å²) in [6.45, 7) is 6.94. The zero-order chi connectivity index (χ0) is 14.3. The molecular weight excluding hydrogens is 262 g/mol. The lowest BCUT2D eigenvalue weighted by atomic mass is 10.1. The lowest BCUT2D eigenvalue weighted by Gasteiger charge is -2.18. The summed E-state index contributed by atoms with van der Waals surface area (Å²) in [6, 6.07) is 7.43. The van der Waals surface area contributed by atoms with E-state index in [1.54, 1.807) is 6.92 Å². The van der Waals surface area contributed by atoms with Gasteiger partial charge in [-0.3, -0.25) is 0 Å². The summed E-state index contributed by atoms with van der Waals surface area (Å²) >= 11 is 0. The van der Waals surface area contributed by atoms with Gasteiger partial charge in [0.15, 0.2) is 9.84 Å². The highest BCUT2D eigenvalue weighted by Crippen LogP contribution is 2.19. The molecule has 0 radical (unpaired) electrons. The molecule has 0 amide bonds. The first kappa shape index (κ1) is 16.0. The van der Waals surface area contributed by atoms with E-state index in [-0.39, 0.29) is 17.5 Å². The average molecular weight is 285 g/mol. The summed E-state index contributed by atoms with van der Waals surface area (Å²) in [6.07, 6.45) is 0. The molecule has 1 N–H and O–H groups in total. The van der Waals surface area contributed by atoms with Crippen LogP contribution in [0.15, 0.2) is 24.3 Å². The monoisotopic (exact) mass is 285 g/mol. The molecule has 1 aromatic carbocycles. The van der Waals surface area contributed by atoms with Gasteiger partial charge in [0.25, 0.3) is 0 Å². The molecule has 0 aliphatic carbocycles. The van der Waals surface area contributed by atoms with E-state index in [0.29, 0.717) is 6.61 Å². The van der Waals surface area contributed by atoms with Crippen LogP contribution < -0.4 is 10.1 Å². The number of nitrogens with one attached hydrogen (secondary N) is 1. The fourth-order valence-corrected chi connectivity index (χ4v) is 2.91. The third-order valence-corrected chi connectivity index (χ3v) is 4.63. The lowest BCUT2D eigenvalue weighted by molar-refractivity contribution is 0.340. The SMILES string of the molecule is CCNC(CS(=O)(=O)CC)c1ccc(OCC)cc1. The van der Waals surface area contributed by atoms with Crippen molar-refractivity contribution in [2.75, 3.05) is 24.7 Å². The van der Waals surface area contributed by atoms with Gasteiger partial charge in [0.05, 0.1) is 12.4 Å². The molecule has 0 saturated carbocycles. The predicted octanol–water partition coefficient (Wildman–Crippen LogP) is 2.17. The van der Waals surface area contributed by atoms with Gasteiger partial charge in [-0.2, -0.15) is 0 Å². The van der Waals surface area contributed by atoms with Crippen LogP contribution in [0, 0.1) is 0 Å². The highest BCUT2D eigenvalue weighted by Gasteiger charge is 2.18. The summed E-state index contributed by atoms with van der Waals surface area (Å²) in [7, 11) is -3.00. The predicted molar refractivity (Wildman–Crippen MR) is 78.4 cm³/mol. The molecule has 1 aromatic rings. The average Bonchev–Trinajstić information content (AvgIpc) is 2.39. The van der Waals surface area contributed by atoms with Gasteiger partial charge >= 0.3 is 0 Å². The number of benzene rings is 1. The van der Waals surface area contributed by atoms with E-state index in [0.717, 1.165) is 17.9 Å². The normalized spacial score (nSPS) is 13.2. The number of sulfone groups is 1. The van der Waals surface area contributed by atoms with Crippen LogP contribution in [0.25, 0.3) is 0 Å². The van der Waals surface area contributed by atoms with Gasteiger partial charge in [0.2, 0.25) is 0 Å². The second-order valence-electron chi connectivity index (χ2n) is 4.31. The van der Waals surface area contributed by atoms with Crippen molar-refractivity contribution in [3.63, 3.8) is 0 Å². The van der Waals surface area contributed by atoms with E-state index in [1.165, 1.54) is 0 Å². The number of hydrogen-bond acceptors (Lipinski definition) is 4. The standard InChI is InChI=1S/C14H23NO3S/c1-4-15-14(11-19(16,17)6-3)12-7-9-13(10-8-12)18-5-2/h7-10,14-15H,4-6,11H2,1-3H3. The quantitative estimate of drug-likeness (QED) is 0.795. The lowest BCUT2D eigenvalue weighted by Crippen LogP contribution is -2.28. The largest absolute Gasteiger partial charge is 0.494 e. The summed E-state index contributed by atoms with van der Waals surface area (Å²) in [4.78, 5) is 0. The van der Waals surface area contributed by atoms with Gasteiger partial charge in [-0.15, -0.1) is 0 Å². The molecule has 0 bridgehead atoms. The number of ether oxygens (including phenoxy) is 1. The Morgan fingerprint density at radius 1 is 1.16 bits per heavy atom. The minimum absolute atomic E-state index is 0.130. The highest BCUT2D eigenvalue weighted by molar-refractivity contribution is 7.91. The Morgan fingerprint density at radius 3 is 2.26 bits per heavy atom. The Hall–Kier alpha value is -1.07. The topological polar surface area (TPSA) is 55.4 Å². The molecule has 1 atom stereocenters. The van der Waals surface area contributed by atoms with Crippen LogP contribution in [-0.4, -0.2) is 33.1 Å². The van der Waals surface area contributed by atoms with Gasteiger partial charge < -0.3 is 10.1 Å². The molecule has 0 aliphatic rings. The molecule has 108 valence electrons. The molecule has 0 saturated heterocycles. The Morgan fingerprint density at radius 2 is 1.79 bits per heavy atom. The van der Waals surface area contributed by atoms with E-state index in [2.05, 4.69) is 5.32 Å². The second-order valence-corrected chi connectivity index (χ2v) is 6.71. The van der Waals surface area contributed by atoms with Crippen molar-refractivity contribution >= 4 is 9.84 Å². The van der Waals surface area contributed by atoms with Gasteiger partial charge in [-0.05, 0) is 31.2 Å². The molecule has 5 heteroatoms. The van der Waals surface area contributed by atoms with Crippen LogP contribution in [0.2, 0.25) is 0 Å². The molecule has 1 rings (SSSR count). The van der Waals surface area contributed by atoms with Crippen LogP contribution in [0.4, 0.5) is 0 Å². The van der Waals surface area contributed by atoms with Crippen LogP contribution >= 0.6 is 0 Å². The summed E-state index contributed by atoms with van der Waals surface area (Å²) < 4.78 is 28.9. The zero-order valence-electron chi connectivity index (χ0n) is 11.8. The van der Waals surface area contributed by atoms with Gasteiger partial charge in [-0.25, -0.2) is 8.42 Å². The third kappa shape index (κ3) is 5.20. The zero-order valence-corrected chi connectivity index (χ0v) is 12.7.